The minimum Gasteiger partial charge on any atom is -0.493 e. The van der Waals surface area contributed by atoms with Crippen LogP contribution in [-0.2, 0) is 6.54 Å². The van der Waals surface area contributed by atoms with Gasteiger partial charge >= 0.3 is 0 Å². The van der Waals surface area contributed by atoms with E-state index in [1.807, 2.05) is 12.1 Å². The zero-order valence-corrected chi connectivity index (χ0v) is 13.7. The summed E-state index contributed by atoms with van der Waals surface area (Å²) >= 11 is 6.23. The Balaban J connectivity index is 2.03. The van der Waals surface area contributed by atoms with E-state index in [9.17, 15) is 5.11 Å². The summed E-state index contributed by atoms with van der Waals surface area (Å²) in [5.74, 6) is 1.59. The van der Waals surface area contributed by atoms with Crippen LogP contribution in [0.25, 0.3) is 0 Å². The quantitative estimate of drug-likeness (QED) is 0.877. The Morgan fingerprint density at radius 3 is 2.62 bits per heavy atom. The molecule has 0 bridgehead atoms. The molecule has 0 radical (unpaired) electrons. The molecule has 118 valence electrons. The van der Waals surface area contributed by atoms with Crippen LogP contribution in [0.1, 0.15) is 24.8 Å². The van der Waals surface area contributed by atoms with Crippen LogP contribution in [0.4, 0.5) is 0 Å². The molecule has 1 aliphatic rings. The molecule has 2 rings (SSSR count). The van der Waals surface area contributed by atoms with Crippen LogP contribution in [0.3, 0.4) is 0 Å². The highest BCUT2D eigenvalue weighted by Crippen LogP contribution is 2.36. The van der Waals surface area contributed by atoms with Gasteiger partial charge in [0.25, 0.3) is 0 Å². The third-order valence-electron chi connectivity index (χ3n) is 4.11. The van der Waals surface area contributed by atoms with Crippen LogP contribution in [0.5, 0.6) is 11.5 Å². The van der Waals surface area contributed by atoms with E-state index in [1.165, 1.54) is 0 Å². The van der Waals surface area contributed by atoms with Gasteiger partial charge in [0.15, 0.2) is 11.5 Å². The van der Waals surface area contributed by atoms with Gasteiger partial charge in [-0.05, 0) is 43.5 Å². The molecule has 0 aliphatic heterocycles. The maximum atomic E-state index is 9.91. The van der Waals surface area contributed by atoms with Gasteiger partial charge in [0.1, 0.15) is 0 Å². The van der Waals surface area contributed by atoms with Gasteiger partial charge < -0.3 is 19.5 Å². The highest BCUT2D eigenvalue weighted by atomic mass is 35.5. The van der Waals surface area contributed by atoms with Gasteiger partial charge in [-0.25, -0.2) is 0 Å². The molecule has 1 aromatic carbocycles. The summed E-state index contributed by atoms with van der Waals surface area (Å²) in [5.41, 5.74) is 1.08. The normalized spacial score (nSPS) is 21.8. The van der Waals surface area contributed by atoms with Crippen molar-refractivity contribution in [2.24, 2.45) is 5.92 Å². The predicted molar refractivity (Wildman–Crippen MR) is 84.2 cm³/mol. The fourth-order valence-electron chi connectivity index (χ4n) is 3.07. The summed E-state index contributed by atoms with van der Waals surface area (Å²) in [6.07, 6.45) is 3.02. The highest BCUT2D eigenvalue weighted by molar-refractivity contribution is 6.32. The molecule has 5 heteroatoms. The van der Waals surface area contributed by atoms with Crippen molar-refractivity contribution >= 4 is 11.6 Å². The Bertz CT molecular complexity index is 481. The van der Waals surface area contributed by atoms with E-state index in [-0.39, 0.29) is 6.10 Å². The van der Waals surface area contributed by atoms with Gasteiger partial charge in [-0.1, -0.05) is 18.0 Å². The fourth-order valence-corrected chi connectivity index (χ4v) is 3.38. The molecular formula is C16H24ClNO3. The highest BCUT2D eigenvalue weighted by Gasteiger charge is 2.26. The molecule has 21 heavy (non-hydrogen) atoms. The summed E-state index contributed by atoms with van der Waals surface area (Å²) in [6, 6.07) is 3.86. The number of halogens is 1. The van der Waals surface area contributed by atoms with Gasteiger partial charge in [0, 0.05) is 13.1 Å². The lowest BCUT2D eigenvalue weighted by atomic mass is 10.1. The lowest BCUT2D eigenvalue weighted by Crippen LogP contribution is -2.29. The summed E-state index contributed by atoms with van der Waals surface area (Å²) < 4.78 is 10.6. The Kier molecular flexibility index (Phi) is 5.73. The van der Waals surface area contributed by atoms with Crippen molar-refractivity contribution in [3.05, 3.63) is 22.7 Å². The zero-order chi connectivity index (χ0) is 15.4. The largest absolute Gasteiger partial charge is 0.493 e. The van der Waals surface area contributed by atoms with Crippen molar-refractivity contribution in [3.8, 4) is 11.5 Å². The minimum atomic E-state index is -0.151. The van der Waals surface area contributed by atoms with Gasteiger partial charge in [-0.2, -0.15) is 0 Å². The van der Waals surface area contributed by atoms with Gasteiger partial charge in [0.2, 0.25) is 0 Å². The molecule has 2 atom stereocenters. The predicted octanol–water partition coefficient (Wildman–Crippen LogP) is 2.95. The molecule has 1 aromatic rings. The van der Waals surface area contributed by atoms with Crippen LogP contribution in [0.2, 0.25) is 5.02 Å². The average Bonchev–Trinajstić information content (AvgIpc) is 2.83. The number of hydrogen-bond acceptors (Lipinski definition) is 4. The summed E-state index contributed by atoms with van der Waals surface area (Å²) in [6.45, 7) is 1.66. The van der Waals surface area contributed by atoms with E-state index in [4.69, 9.17) is 21.1 Å². The molecule has 1 fully saturated rings. The summed E-state index contributed by atoms with van der Waals surface area (Å²) in [7, 11) is 5.25. The Morgan fingerprint density at radius 2 is 2.05 bits per heavy atom. The van der Waals surface area contributed by atoms with Crippen LogP contribution < -0.4 is 9.47 Å². The lowest BCUT2D eigenvalue weighted by Gasteiger charge is -2.23. The van der Waals surface area contributed by atoms with Crippen LogP contribution in [-0.4, -0.2) is 43.9 Å². The standard InChI is InChI=1S/C16H24ClNO3/c1-18(10-12-5-4-6-14(12)19)9-11-7-13(17)16(21-3)15(8-11)20-2/h7-8,12,14,19H,4-6,9-10H2,1-3H3/t12-,14-/m0/s1. The lowest BCUT2D eigenvalue weighted by molar-refractivity contribution is 0.108. The number of hydrogen-bond donors (Lipinski definition) is 1. The average molecular weight is 314 g/mol. The first-order valence-corrected chi connectivity index (χ1v) is 7.70. The van der Waals surface area contributed by atoms with E-state index < -0.39 is 0 Å². The van der Waals surface area contributed by atoms with Crippen LogP contribution in [0.15, 0.2) is 12.1 Å². The number of ether oxygens (including phenoxy) is 2. The Morgan fingerprint density at radius 1 is 1.29 bits per heavy atom. The number of aliphatic hydroxyl groups excluding tert-OH is 1. The molecule has 1 saturated carbocycles. The molecule has 1 N–H and O–H groups in total. The van der Waals surface area contributed by atoms with Crippen molar-refractivity contribution in [1.82, 2.24) is 4.90 Å². The summed E-state index contributed by atoms with van der Waals surface area (Å²) in [5, 5.41) is 10.5. The molecule has 0 unspecified atom stereocenters. The minimum absolute atomic E-state index is 0.151. The topological polar surface area (TPSA) is 41.9 Å². The second-order valence-electron chi connectivity index (χ2n) is 5.77. The van der Waals surface area contributed by atoms with E-state index in [1.54, 1.807) is 14.2 Å². The van der Waals surface area contributed by atoms with E-state index in [0.717, 1.165) is 37.9 Å². The molecule has 0 spiro atoms. The maximum absolute atomic E-state index is 9.91. The number of nitrogens with zero attached hydrogens (tertiary/aromatic N) is 1. The molecule has 0 heterocycles. The first kappa shape index (κ1) is 16.4. The van der Waals surface area contributed by atoms with Gasteiger partial charge in [0.05, 0.1) is 25.3 Å². The molecule has 4 nitrogen and oxygen atoms in total. The number of aliphatic hydroxyl groups is 1. The van der Waals surface area contributed by atoms with Crippen molar-refractivity contribution in [3.63, 3.8) is 0 Å². The third kappa shape index (κ3) is 4.02. The van der Waals surface area contributed by atoms with Crippen molar-refractivity contribution in [2.45, 2.75) is 31.9 Å². The number of methoxy groups -OCH3 is 2. The van der Waals surface area contributed by atoms with Crippen LogP contribution >= 0.6 is 11.6 Å². The first-order valence-electron chi connectivity index (χ1n) is 7.32. The number of benzene rings is 1. The second kappa shape index (κ2) is 7.34. The Hall–Kier alpha value is -0.970. The molecule has 0 aromatic heterocycles. The third-order valence-corrected chi connectivity index (χ3v) is 4.39. The van der Waals surface area contributed by atoms with Crippen molar-refractivity contribution in [2.75, 3.05) is 27.8 Å². The SMILES string of the molecule is COc1cc(CN(C)C[C@@H]2CCC[C@@H]2O)cc(Cl)c1OC. The smallest absolute Gasteiger partial charge is 0.179 e. The zero-order valence-electron chi connectivity index (χ0n) is 12.9. The second-order valence-corrected chi connectivity index (χ2v) is 6.18. The summed E-state index contributed by atoms with van der Waals surface area (Å²) in [4.78, 5) is 2.22. The monoisotopic (exact) mass is 313 g/mol. The van der Waals surface area contributed by atoms with Crippen molar-refractivity contribution < 1.29 is 14.6 Å². The first-order chi connectivity index (χ1) is 10.0. The maximum Gasteiger partial charge on any atom is 0.179 e. The molecule has 0 amide bonds. The Labute approximate surface area is 131 Å². The van der Waals surface area contributed by atoms with Crippen LogP contribution in [0, 0.1) is 5.92 Å². The van der Waals surface area contributed by atoms with Gasteiger partial charge in [-0.3, -0.25) is 0 Å². The number of rotatable bonds is 6. The molecular weight excluding hydrogens is 290 g/mol. The molecule has 0 saturated heterocycles. The fraction of sp³-hybridized carbons (Fsp3) is 0.625. The van der Waals surface area contributed by atoms with E-state index >= 15 is 0 Å². The van der Waals surface area contributed by atoms with Crippen molar-refractivity contribution in [1.29, 1.82) is 0 Å². The van der Waals surface area contributed by atoms with E-state index in [2.05, 4.69) is 11.9 Å². The van der Waals surface area contributed by atoms with E-state index in [0.29, 0.717) is 22.4 Å². The van der Waals surface area contributed by atoms with Gasteiger partial charge in [-0.15, -0.1) is 0 Å². The molecule has 1 aliphatic carbocycles.